The van der Waals surface area contributed by atoms with Crippen LogP contribution in [0.1, 0.15) is 74.2 Å². The van der Waals surface area contributed by atoms with Gasteiger partial charge in [0.05, 0.1) is 23.7 Å². The zero-order valence-corrected chi connectivity index (χ0v) is 23.6. The fourth-order valence-electron chi connectivity index (χ4n) is 5.00. The molecule has 11 heteroatoms. The van der Waals surface area contributed by atoms with Crippen molar-refractivity contribution >= 4 is 17.4 Å². The molecule has 4 heterocycles. The van der Waals surface area contributed by atoms with E-state index >= 15 is 0 Å². The Morgan fingerprint density at radius 1 is 1.25 bits per heavy atom. The summed E-state index contributed by atoms with van der Waals surface area (Å²) in [7, 11) is 1.85. The molecular formula is C29H36N8O3. The average Bonchev–Trinajstić information content (AvgIpc) is 3.52. The number of fused-ring (bicyclic) bond motifs is 1. The summed E-state index contributed by atoms with van der Waals surface area (Å²) in [5, 5.41) is 25.6. The molecule has 0 aliphatic carbocycles. The quantitative estimate of drug-likeness (QED) is 0.310. The number of hydrogen-bond donors (Lipinski definition) is 2. The van der Waals surface area contributed by atoms with E-state index in [4.69, 9.17) is 9.40 Å². The van der Waals surface area contributed by atoms with Crippen molar-refractivity contribution < 1.29 is 14.3 Å². The van der Waals surface area contributed by atoms with Crippen LogP contribution >= 0.6 is 0 Å². The molecule has 11 nitrogen and oxygen atoms in total. The van der Waals surface area contributed by atoms with Gasteiger partial charge < -0.3 is 14.8 Å². The number of benzene rings is 1. The summed E-state index contributed by atoms with van der Waals surface area (Å²) in [6, 6.07) is 8.15. The maximum Gasteiger partial charge on any atom is 0.284 e. The van der Waals surface area contributed by atoms with Gasteiger partial charge in [-0.1, -0.05) is 32.9 Å². The standard InChI is InChI=1S/C29H36N8O3/c1-18(38)15-37-11-9-19(13-25(39)26-34-35-27(40-26)29(2,3)4)23-7-6-20(12-21(23)16-37)24-8-10-30-28(33-24)32-22-14-31-36(5)17-22/h6-8,10,12,14,17-19,38H,9,11,13,15-16H2,1-5H3,(H,30,32,33)/t18-,19+/m0/s1. The Balaban J connectivity index is 1.42. The average molecular weight is 545 g/mol. The van der Waals surface area contributed by atoms with E-state index < -0.39 is 6.10 Å². The van der Waals surface area contributed by atoms with Gasteiger partial charge in [0, 0.05) is 49.9 Å². The summed E-state index contributed by atoms with van der Waals surface area (Å²) in [6.07, 6.45) is 5.89. The van der Waals surface area contributed by atoms with Gasteiger partial charge in [0.25, 0.3) is 5.89 Å². The number of aromatic nitrogens is 6. The van der Waals surface area contributed by atoms with Crippen molar-refractivity contribution in [1.29, 1.82) is 0 Å². The predicted octanol–water partition coefficient (Wildman–Crippen LogP) is 4.24. The van der Waals surface area contributed by atoms with Crippen LogP contribution in [0.2, 0.25) is 0 Å². The lowest BCUT2D eigenvalue weighted by molar-refractivity contribution is 0.0929. The second kappa shape index (κ2) is 11.3. The molecule has 2 N–H and O–H groups in total. The number of carbonyl (C=O) groups excluding carboxylic acids is 1. The lowest BCUT2D eigenvalue weighted by atomic mass is 9.87. The van der Waals surface area contributed by atoms with E-state index in [0.717, 1.165) is 41.0 Å². The van der Waals surface area contributed by atoms with Crippen molar-refractivity contribution in [3.8, 4) is 11.3 Å². The SMILES string of the molecule is C[C@H](O)CN1CC[C@H](CC(=O)c2nnc(C(C)(C)C)o2)c2ccc(-c3ccnc(Nc4cnn(C)c4)n3)cc2C1. The highest BCUT2D eigenvalue weighted by Crippen LogP contribution is 2.35. The van der Waals surface area contributed by atoms with E-state index in [9.17, 15) is 9.90 Å². The third-order valence-electron chi connectivity index (χ3n) is 6.94. The lowest BCUT2D eigenvalue weighted by Gasteiger charge is -2.22. The monoisotopic (exact) mass is 544 g/mol. The van der Waals surface area contributed by atoms with Crippen LogP contribution in [0.4, 0.5) is 11.6 Å². The molecule has 210 valence electrons. The fourth-order valence-corrected chi connectivity index (χ4v) is 5.00. The number of β-amino-alcohol motifs (C(OH)–C–C–N with tert-alkyl or cyclic N) is 1. The van der Waals surface area contributed by atoms with Gasteiger partial charge in [-0.2, -0.15) is 5.10 Å². The first-order valence-electron chi connectivity index (χ1n) is 13.5. The molecule has 0 spiro atoms. The van der Waals surface area contributed by atoms with Gasteiger partial charge in [0.1, 0.15) is 0 Å². The topological polar surface area (TPSA) is 135 Å². The second-order valence-electron chi connectivity index (χ2n) is 11.6. The minimum Gasteiger partial charge on any atom is -0.418 e. The second-order valence-corrected chi connectivity index (χ2v) is 11.6. The summed E-state index contributed by atoms with van der Waals surface area (Å²) in [5.74, 6) is 0.811. The molecule has 0 radical (unpaired) electrons. The number of aliphatic hydroxyl groups is 1. The Morgan fingerprint density at radius 2 is 2.08 bits per heavy atom. The highest BCUT2D eigenvalue weighted by atomic mass is 16.4. The van der Waals surface area contributed by atoms with Gasteiger partial charge in [-0.15, -0.1) is 10.2 Å². The van der Waals surface area contributed by atoms with E-state index in [1.807, 2.05) is 46.1 Å². The Morgan fingerprint density at radius 3 is 2.77 bits per heavy atom. The first-order valence-corrected chi connectivity index (χ1v) is 13.5. The van der Waals surface area contributed by atoms with Crippen LogP contribution in [-0.4, -0.2) is 64.9 Å². The van der Waals surface area contributed by atoms with Crippen LogP contribution in [0.3, 0.4) is 0 Å². The molecule has 40 heavy (non-hydrogen) atoms. The Kier molecular flexibility index (Phi) is 7.77. The van der Waals surface area contributed by atoms with Crippen molar-refractivity contribution in [2.45, 2.75) is 64.5 Å². The third kappa shape index (κ3) is 6.43. The van der Waals surface area contributed by atoms with Gasteiger partial charge >= 0.3 is 0 Å². The largest absolute Gasteiger partial charge is 0.418 e. The van der Waals surface area contributed by atoms with Crippen molar-refractivity contribution in [1.82, 2.24) is 34.8 Å². The Labute approximate surface area is 233 Å². The van der Waals surface area contributed by atoms with E-state index in [1.54, 1.807) is 24.0 Å². The number of aliphatic hydroxyl groups excluding tert-OH is 1. The molecular weight excluding hydrogens is 508 g/mol. The summed E-state index contributed by atoms with van der Waals surface area (Å²) >= 11 is 0. The molecule has 1 aliphatic rings. The molecule has 3 aromatic heterocycles. The van der Waals surface area contributed by atoms with Crippen molar-refractivity contribution in [2.75, 3.05) is 18.4 Å². The zero-order valence-electron chi connectivity index (χ0n) is 23.6. The maximum absolute atomic E-state index is 13.2. The molecule has 1 aromatic carbocycles. The third-order valence-corrected chi connectivity index (χ3v) is 6.94. The molecule has 4 aromatic rings. The fraction of sp³-hybridized carbons (Fsp3) is 0.448. The molecule has 0 amide bonds. The smallest absolute Gasteiger partial charge is 0.284 e. The number of carbonyl (C=O) groups is 1. The minimum absolute atomic E-state index is 0.0197. The van der Waals surface area contributed by atoms with Gasteiger partial charge in [-0.25, -0.2) is 9.97 Å². The number of ketones is 1. The zero-order chi connectivity index (χ0) is 28.4. The number of nitrogens with one attached hydrogen (secondary N) is 1. The summed E-state index contributed by atoms with van der Waals surface area (Å²) in [6.45, 7) is 9.69. The van der Waals surface area contributed by atoms with Gasteiger partial charge in [-0.3, -0.25) is 14.4 Å². The molecule has 0 fully saturated rings. The van der Waals surface area contributed by atoms with Crippen LogP contribution < -0.4 is 5.32 Å². The van der Waals surface area contributed by atoms with Gasteiger partial charge in [0.15, 0.2) is 0 Å². The number of nitrogens with zero attached hydrogens (tertiary/aromatic N) is 7. The van der Waals surface area contributed by atoms with Crippen molar-refractivity contribution in [2.24, 2.45) is 7.05 Å². The summed E-state index contributed by atoms with van der Waals surface area (Å²) in [4.78, 5) is 24.5. The number of rotatable bonds is 8. The first-order chi connectivity index (χ1) is 19.0. The van der Waals surface area contributed by atoms with E-state index in [-0.39, 0.29) is 29.4 Å². The van der Waals surface area contributed by atoms with E-state index in [0.29, 0.717) is 24.9 Å². The summed E-state index contributed by atoms with van der Waals surface area (Å²) in [5.41, 5.74) is 4.43. The van der Waals surface area contributed by atoms with Crippen molar-refractivity contribution in [3.63, 3.8) is 0 Å². The number of hydrogen-bond acceptors (Lipinski definition) is 10. The van der Waals surface area contributed by atoms with Crippen LogP contribution in [0.25, 0.3) is 11.3 Å². The summed E-state index contributed by atoms with van der Waals surface area (Å²) < 4.78 is 7.44. The first kappa shape index (κ1) is 27.6. The Hall–Kier alpha value is -3.96. The lowest BCUT2D eigenvalue weighted by Crippen LogP contribution is -2.30. The Bertz CT molecular complexity index is 1490. The van der Waals surface area contributed by atoms with Crippen LogP contribution in [-0.2, 0) is 19.0 Å². The van der Waals surface area contributed by atoms with Gasteiger partial charge in [0.2, 0.25) is 17.6 Å². The normalized spacial score (nSPS) is 16.8. The highest BCUT2D eigenvalue weighted by Gasteiger charge is 2.29. The number of Topliss-reactive ketones (excluding diaryl/α,β-unsaturated/α-hetero) is 1. The highest BCUT2D eigenvalue weighted by molar-refractivity contribution is 5.92. The van der Waals surface area contributed by atoms with Crippen molar-refractivity contribution in [3.05, 3.63) is 65.8 Å². The molecule has 0 bridgehead atoms. The van der Waals surface area contributed by atoms with Crippen LogP contribution in [0, 0.1) is 0 Å². The van der Waals surface area contributed by atoms with Crippen LogP contribution in [0.5, 0.6) is 0 Å². The molecule has 2 atom stereocenters. The molecule has 5 rings (SSSR count). The van der Waals surface area contributed by atoms with Crippen LogP contribution in [0.15, 0.2) is 47.3 Å². The number of aryl methyl sites for hydroxylation is 1. The molecule has 0 unspecified atom stereocenters. The van der Waals surface area contributed by atoms with Gasteiger partial charge in [-0.05, 0) is 49.1 Å². The molecule has 0 saturated carbocycles. The molecule has 1 aliphatic heterocycles. The predicted molar refractivity (Wildman–Crippen MR) is 150 cm³/mol. The minimum atomic E-state index is -0.456. The maximum atomic E-state index is 13.2. The number of anilines is 2. The van der Waals surface area contributed by atoms with E-state index in [1.165, 1.54) is 0 Å². The van der Waals surface area contributed by atoms with E-state index in [2.05, 4.69) is 42.6 Å². The molecule has 0 saturated heterocycles.